The van der Waals surface area contributed by atoms with E-state index in [1.165, 1.54) is 154 Å². The standard InChI is InChI=1S/C55H105NO13/c1-3-5-7-9-11-13-15-17-19-21-23-25-27-29-31-33-35-37-39-47(60)56-43(44(59)38-36-34-32-30-28-26-24-22-20-18-16-14-12-10-8-6-4-2)42-66-54-52(65)50(63)53(46(41-58)68-54)69-55-51(64)49(62)48(61)45(40-57)67-55/h19,21,43-46,48-55,57-59,61-65H,3-18,20,22-42H2,1-2H3,(H,56,60)/b21-19-. The molecule has 0 aromatic heterocycles. The minimum absolute atomic E-state index is 0.209. The van der Waals surface area contributed by atoms with Crippen molar-refractivity contribution in [3.8, 4) is 0 Å². The number of hydrogen-bond donors (Lipinski definition) is 9. The average Bonchev–Trinajstić information content (AvgIpc) is 3.35. The number of allylic oxidation sites excluding steroid dienone is 2. The second kappa shape index (κ2) is 42.1. The summed E-state index contributed by atoms with van der Waals surface area (Å²) >= 11 is 0. The summed E-state index contributed by atoms with van der Waals surface area (Å²) in [6, 6.07) is -0.827. The molecule has 14 nitrogen and oxygen atoms in total. The van der Waals surface area contributed by atoms with Gasteiger partial charge in [-0.2, -0.15) is 0 Å². The summed E-state index contributed by atoms with van der Waals surface area (Å²) in [6.07, 6.45) is 29.2. The highest BCUT2D eigenvalue weighted by Gasteiger charge is 2.51. The quantitative estimate of drug-likeness (QED) is 0.0206. The van der Waals surface area contributed by atoms with E-state index >= 15 is 0 Å². The Morgan fingerprint density at radius 1 is 0.507 bits per heavy atom. The smallest absolute Gasteiger partial charge is 0.220 e. The van der Waals surface area contributed by atoms with Gasteiger partial charge in [-0.3, -0.25) is 4.79 Å². The fourth-order valence-corrected chi connectivity index (χ4v) is 9.59. The lowest BCUT2D eigenvalue weighted by Crippen LogP contribution is -2.65. The summed E-state index contributed by atoms with van der Waals surface area (Å²) in [5.41, 5.74) is 0. The van der Waals surface area contributed by atoms with Crippen molar-refractivity contribution in [2.75, 3.05) is 19.8 Å². The molecule has 0 radical (unpaired) electrons. The molecule has 0 aromatic carbocycles. The monoisotopic (exact) mass is 988 g/mol. The number of aliphatic hydroxyl groups is 8. The summed E-state index contributed by atoms with van der Waals surface area (Å²) < 4.78 is 22.8. The van der Waals surface area contributed by atoms with Gasteiger partial charge in [0.15, 0.2) is 12.6 Å². The Bertz CT molecular complexity index is 1210. The Balaban J connectivity index is 1.79. The van der Waals surface area contributed by atoms with Crippen molar-refractivity contribution in [1.82, 2.24) is 5.32 Å². The molecule has 2 fully saturated rings. The van der Waals surface area contributed by atoms with Crippen LogP contribution in [0.5, 0.6) is 0 Å². The van der Waals surface area contributed by atoms with Crippen LogP contribution in [0, 0.1) is 0 Å². The average molecular weight is 988 g/mol. The first-order chi connectivity index (χ1) is 33.6. The van der Waals surface area contributed by atoms with E-state index in [0.717, 1.165) is 57.8 Å². The molecule has 0 spiro atoms. The number of rotatable bonds is 45. The Morgan fingerprint density at radius 2 is 0.913 bits per heavy atom. The molecule has 2 saturated heterocycles. The zero-order valence-corrected chi connectivity index (χ0v) is 43.6. The second-order valence-corrected chi connectivity index (χ2v) is 20.4. The van der Waals surface area contributed by atoms with Crippen LogP contribution in [0.4, 0.5) is 0 Å². The van der Waals surface area contributed by atoms with E-state index in [1.807, 2.05) is 0 Å². The van der Waals surface area contributed by atoms with Crippen LogP contribution in [-0.2, 0) is 23.7 Å². The number of nitrogens with one attached hydrogen (secondary N) is 1. The van der Waals surface area contributed by atoms with Crippen molar-refractivity contribution in [3.05, 3.63) is 12.2 Å². The van der Waals surface area contributed by atoms with Crippen LogP contribution in [0.15, 0.2) is 12.2 Å². The van der Waals surface area contributed by atoms with Crippen LogP contribution < -0.4 is 5.32 Å². The summed E-state index contributed by atoms with van der Waals surface area (Å²) in [5, 5.41) is 87.1. The van der Waals surface area contributed by atoms with Crippen LogP contribution in [0.2, 0.25) is 0 Å². The summed E-state index contributed by atoms with van der Waals surface area (Å²) in [5.74, 6) is -0.209. The van der Waals surface area contributed by atoms with Crippen LogP contribution in [-0.4, -0.2) is 140 Å². The van der Waals surface area contributed by atoms with E-state index in [2.05, 4.69) is 31.3 Å². The summed E-state index contributed by atoms with van der Waals surface area (Å²) in [7, 11) is 0. The Morgan fingerprint density at radius 3 is 1.38 bits per heavy atom. The van der Waals surface area contributed by atoms with Gasteiger partial charge >= 0.3 is 0 Å². The molecule has 14 heteroatoms. The molecule has 9 N–H and O–H groups in total. The molecule has 408 valence electrons. The first-order valence-electron chi connectivity index (χ1n) is 28.4. The van der Waals surface area contributed by atoms with Gasteiger partial charge in [0.05, 0.1) is 32.0 Å². The molecule has 1 amide bonds. The van der Waals surface area contributed by atoms with E-state index in [0.29, 0.717) is 12.8 Å². The molecular formula is C55H105NO13. The van der Waals surface area contributed by atoms with E-state index in [1.54, 1.807) is 0 Å². The third-order valence-corrected chi connectivity index (χ3v) is 14.2. The molecule has 0 bridgehead atoms. The van der Waals surface area contributed by atoms with Gasteiger partial charge in [0, 0.05) is 6.42 Å². The van der Waals surface area contributed by atoms with Gasteiger partial charge < -0.3 is 65.1 Å². The maximum absolute atomic E-state index is 13.2. The van der Waals surface area contributed by atoms with Gasteiger partial charge in [-0.25, -0.2) is 0 Å². The highest BCUT2D eigenvalue weighted by atomic mass is 16.7. The number of carbonyl (C=O) groups excluding carboxylic acids is 1. The third kappa shape index (κ3) is 28.7. The molecule has 2 aliphatic heterocycles. The summed E-state index contributed by atoms with van der Waals surface area (Å²) in [4.78, 5) is 13.2. The van der Waals surface area contributed by atoms with Crippen LogP contribution in [0.3, 0.4) is 0 Å². The zero-order chi connectivity index (χ0) is 50.3. The Hall–Kier alpha value is -1.27. The minimum Gasteiger partial charge on any atom is -0.394 e. The fraction of sp³-hybridized carbons (Fsp3) is 0.945. The number of hydrogen-bond acceptors (Lipinski definition) is 13. The second-order valence-electron chi connectivity index (χ2n) is 20.4. The first-order valence-corrected chi connectivity index (χ1v) is 28.4. The van der Waals surface area contributed by atoms with Gasteiger partial charge in [0.1, 0.15) is 48.8 Å². The Labute approximate surface area is 418 Å². The van der Waals surface area contributed by atoms with Gasteiger partial charge in [-0.05, 0) is 38.5 Å². The number of amides is 1. The van der Waals surface area contributed by atoms with Gasteiger partial charge in [-0.15, -0.1) is 0 Å². The van der Waals surface area contributed by atoms with E-state index in [-0.39, 0.29) is 12.5 Å². The Kier molecular flexibility index (Phi) is 39.0. The van der Waals surface area contributed by atoms with Crippen molar-refractivity contribution < 1.29 is 64.6 Å². The molecular weight excluding hydrogens is 883 g/mol. The molecule has 69 heavy (non-hydrogen) atoms. The number of ether oxygens (including phenoxy) is 4. The molecule has 0 aromatic rings. The zero-order valence-electron chi connectivity index (χ0n) is 43.6. The topological polar surface area (TPSA) is 228 Å². The largest absolute Gasteiger partial charge is 0.394 e. The molecule has 2 aliphatic rings. The number of unbranched alkanes of at least 4 members (excludes halogenated alkanes) is 30. The SMILES string of the molecule is CCCCCCCCC/C=C\CCCCCCCCCC(=O)NC(COC1OC(CO)C(OC2OC(CO)C(O)C(O)C2O)C(O)C1O)C(O)CCCCCCCCCCCCCCCCCCC. The van der Waals surface area contributed by atoms with Crippen LogP contribution >= 0.6 is 0 Å². The first kappa shape index (κ1) is 63.8. The summed E-state index contributed by atoms with van der Waals surface area (Å²) in [6.45, 7) is 2.87. The lowest BCUT2D eigenvalue weighted by atomic mass is 9.97. The molecule has 12 unspecified atom stereocenters. The number of aliphatic hydroxyl groups excluding tert-OH is 8. The lowest BCUT2D eigenvalue weighted by molar-refractivity contribution is -0.359. The number of carbonyl (C=O) groups is 1. The van der Waals surface area contributed by atoms with Crippen molar-refractivity contribution in [2.24, 2.45) is 0 Å². The molecule has 0 saturated carbocycles. The van der Waals surface area contributed by atoms with Crippen LogP contribution in [0.1, 0.15) is 239 Å². The predicted molar refractivity (Wildman–Crippen MR) is 272 cm³/mol. The van der Waals surface area contributed by atoms with Gasteiger partial charge in [0.2, 0.25) is 5.91 Å². The molecule has 2 rings (SSSR count). The van der Waals surface area contributed by atoms with E-state index in [9.17, 15) is 45.6 Å². The molecule has 12 atom stereocenters. The van der Waals surface area contributed by atoms with Gasteiger partial charge in [0.25, 0.3) is 0 Å². The van der Waals surface area contributed by atoms with E-state index in [4.69, 9.17) is 18.9 Å². The maximum Gasteiger partial charge on any atom is 0.220 e. The highest BCUT2D eigenvalue weighted by molar-refractivity contribution is 5.76. The lowest BCUT2D eigenvalue weighted by Gasteiger charge is -2.46. The van der Waals surface area contributed by atoms with Crippen LogP contribution in [0.25, 0.3) is 0 Å². The van der Waals surface area contributed by atoms with Crippen molar-refractivity contribution >= 4 is 5.91 Å². The van der Waals surface area contributed by atoms with Gasteiger partial charge in [-0.1, -0.05) is 206 Å². The molecule has 2 heterocycles. The fourth-order valence-electron chi connectivity index (χ4n) is 9.59. The minimum atomic E-state index is -1.78. The van der Waals surface area contributed by atoms with E-state index < -0.39 is 86.8 Å². The highest BCUT2D eigenvalue weighted by Crippen LogP contribution is 2.30. The third-order valence-electron chi connectivity index (χ3n) is 14.2. The van der Waals surface area contributed by atoms with Crippen molar-refractivity contribution in [2.45, 2.75) is 312 Å². The van der Waals surface area contributed by atoms with Crippen molar-refractivity contribution in [3.63, 3.8) is 0 Å². The van der Waals surface area contributed by atoms with Crippen molar-refractivity contribution in [1.29, 1.82) is 0 Å². The maximum atomic E-state index is 13.2. The normalized spacial score (nSPS) is 26.2. The predicted octanol–water partition coefficient (Wildman–Crippen LogP) is 8.72. The molecule has 0 aliphatic carbocycles.